The number of rotatable bonds is 3. The van der Waals surface area contributed by atoms with Crippen LogP contribution in [-0.4, -0.2) is 35.4 Å². The van der Waals surface area contributed by atoms with Gasteiger partial charge in [-0.05, 0) is 34.7 Å². The predicted molar refractivity (Wildman–Crippen MR) is 65.2 cm³/mol. The van der Waals surface area contributed by atoms with E-state index in [4.69, 9.17) is 4.74 Å². The van der Waals surface area contributed by atoms with Crippen LogP contribution >= 0.6 is 0 Å². The van der Waals surface area contributed by atoms with E-state index in [1.807, 2.05) is 0 Å². The topological polar surface area (TPSA) is 29.5 Å². The molecule has 0 bridgehead atoms. The summed E-state index contributed by atoms with van der Waals surface area (Å²) in [6.45, 7) is 8.92. The van der Waals surface area contributed by atoms with E-state index < -0.39 is 0 Å². The van der Waals surface area contributed by atoms with Crippen molar-refractivity contribution in [2.45, 2.75) is 57.7 Å². The lowest BCUT2D eigenvalue weighted by atomic mass is 9.79. The number of piperidine rings is 1. The van der Waals surface area contributed by atoms with E-state index in [0.29, 0.717) is 0 Å². The number of carbonyl (C=O) groups excluding carboxylic acids is 1. The molecule has 0 aromatic rings. The molecule has 1 saturated heterocycles. The summed E-state index contributed by atoms with van der Waals surface area (Å²) in [6, 6.07) is 0. The fourth-order valence-corrected chi connectivity index (χ4v) is 2.56. The van der Waals surface area contributed by atoms with Crippen molar-refractivity contribution < 1.29 is 9.53 Å². The number of likely N-dealkylation sites (tertiary alicyclic amines) is 1. The van der Waals surface area contributed by atoms with Crippen LogP contribution in [0.5, 0.6) is 0 Å². The lowest BCUT2D eigenvalue weighted by Crippen LogP contribution is -2.60. The molecule has 92 valence electrons. The third kappa shape index (κ3) is 2.85. The second kappa shape index (κ2) is 4.58. The monoisotopic (exact) mass is 225 g/mol. The molecule has 0 saturated carbocycles. The van der Waals surface area contributed by atoms with Crippen molar-refractivity contribution in [2.75, 3.05) is 7.05 Å². The molecule has 3 heteroatoms. The molecule has 0 aromatic carbocycles. The van der Waals surface area contributed by atoms with Gasteiger partial charge in [-0.1, -0.05) is 0 Å². The highest BCUT2D eigenvalue weighted by atomic mass is 16.5. The minimum atomic E-state index is 0.126. The van der Waals surface area contributed by atoms with Crippen LogP contribution in [0.15, 0.2) is 12.3 Å². The summed E-state index contributed by atoms with van der Waals surface area (Å²) in [6.07, 6.45) is 5.81. The zero-order chi connectivity index (χ0) is 12.4. The standard InChI is InChI=1S/C13H23NO2/c1-12(2)9-11(16-8-6-7-15)10-13(3,4)14(12)5/h6-8,11H,9-10H2,1-5H3. The number of allylic oxidation sites excluding steroid dienone is 1. The van der Waals surface area contributed by atoms with Crippen LogP contribution in [-0.2, 0) is 9.53 Å². The number of ether oxygens (including phenoxy) is 1. The summed E-state index contributed by atoms with van der Waals surface area (Å²) in [5, 5.41) is 0. The van der Waals surface area contributed by atoms with Crippen molar-refractivity contribution in [1.29, 1.82) is 0 Å². The van der Waals surface area contributed by atoms with E-state index in [0.717, 1.165) is 19.1 Å². The first-order valence-electron chi connectivity index (χ1n) is 5.79. The Hall–Kier alpha value is -0.830. The molecule has 1 rings (SSSR count). The molecule has 1 aliphatic heterocycles. The van der Waals surface area contributed by atoms with Crippen molar-refractivity contribution in [2.24, 2.45) is 0 Å². The highest BCUT2D eigenvalue weighted by Gasteiger charge is 2.43. The number of aldehydes is 1. The minimum Gasteiger partial charge on any atom is -0.498 e. The fraction of sp³-hybridized carbons (Fsp3) is 0.769. The van der Waals surface area contributed by atoms with Crippen LogP contribution in [0.3, 0.4) is 0 Å². The number of hydrogen-bond donors (Lipinski definition) is 0. The van der Waals surface area contributed by atoms with Crippen LogP contribution in [0.4, 0.5) is 0 Å². The lowest BCUT2D eigenvalue weighted by molar-refractivity contribution is -0.104. The van der Waals surface area contributed by atoms with Gasteiger partial charge in [0.15, 0.2) is 0 Å². The Balaban J connectivity index is 2.71. The molecular formula is C13H23NO2. The second-order valence-corrected chi connectivity index (χ2v) is 5.81. The molecular weight excluding hydrogens is 202 g/mol. The summed E-state index contributed by atoms with van der Waals surface area (Å²) >= 11 is 0. The zero-order valence-corrected chi connectivity index (χ0v) is 11.0. The maximum atomic E-state index is 10.2. The fourth-order valence-electron chi connectivity index (χ4n) is 2.56. The van der Waals surface area contributed by atoms with Gasteiger partial charge in [0.05, 0.1) is 6.26 Å². The predicted octanol–water partition coefficient (Wildman–Crippen LogP) is 2.37. The molecule has 0 amide bonds. The molecule has 0 N–H and O–H groups in total. The molecule has 0 unspecified atom stereocenters. The Bertz CT molecular complexity index is 264. The molecule has 0 aliphatic carbocycles. The van der Waals surface area contributed by atoms with Gasteiger partial charge >= 0.3 is 0 Å². The van der Waals surface area contributed by atoms with Crippen LogP contribution in [0.2, 0.25) is 0 Å². The van der Waals surface area contributed by atoms with Crippen LogP contribution in [0.1, 0.15) is 40.5 Å². The normalized spacial score (nSPS) is 25.8. The Labute approximate surface area is 98.5 Å². The Morgan fingerprint density at radius 1 is 1.19 bits per heavy atom. The first-order valence-corrected chi connectivity index (χ1v) is 5.79. The van der Waals surface area contributed by atoms with Crippen LogP contribution < -0.4 is 0 Å². The van der Waals surface area contributed by atoms with Gasteiger partial charge in [-0.25, -0.2) is 0 Å². The molecule has 1 heterocycles. The molecule has 3 nitrogen and oxygen atoms in total. The molecule has 0 spiro atoms. The van der Waals surface area contributed by atoms with Gasteiger partial charge in [0.25, 0.3) is 0 Å². The Morgan fingerprint density at radius 3 is 2.12 bits per heavy atom. The highest BCUT2D eigenvalue weighted by Crippen LogP contribution is 2.37. The zero-order valence-electron chi connectivity index (χ0n) is 11.0. The van der Waals surface area contributed by atoms with E-state index in [1.54, 1.807) is 0 Å². The van der Waals surface area contributed by atoms with Crippen molar-refractivity contribution in [3.63, 3.8) is 0 Å². The van der Waals surface area contributed by atoms with E-state index in [9.17, 15) is 4.79 Å². The smallest absolute Gasteiger partial charge is 0.145 e. The molecule has 0 atom stereocenters. The van der Waals surface area contributed by atoms with E-state index >= 15 is 0 Å². The molecule has 0 radical (unpaired) electrons. The number of carbonyl (C=O) groups is 1. The number of nitrogens with zero attached hydrogens (tertiary/aromatic N) is 1. The largest absolute Gasteiger partial charge is 0.498 e. The first kappa shape index (κ1) is 13.2. The number of hydrogen-bond acceptors (Lipinski definition) is 3. The van der Waals surface area contributed by atoms with Crippen molar-refractivity contribution >= 4 is 6.29 Å². The molecule has 0 aromatic heterocycles. The summed E-state index contributed by atoms with van der Waals surface area (Å²) in [7, 11) is 2.16. The molecule has 1 fully saturated rings. The summed E-state index contributed by atoms with van der Waals surface area (Å²) in [5.74, 6) is 0. The van der Waals surface area contributed by atoms with Gasteiger partial charge in [0.1, 0.15) is 12.4 Å². The van der Waals surface area contributed by atoms with Crippen LogP contribution in [0, 0.1) is 0 Å². The summed E-state index contributed by atoms with van der Waals surface area (Å²) < 4.78 is 5.60. The molecule has 16 heavy (non-hydrogen) atoms. The minimum absolute atomic E-state index is 0.126. The maximum absolute atomic E-state index is 10.2. The van der Waals surface area contributed by atoms with Crippen molar-refractivity contribution in [3.8, 4) is 0 Å². The SMILES string of the molecule is CN1C(C)(C)CC(OC=CC=O)CC1(C)C. The van der Waals surface area contributed by atoms with Gasteiger partial charge < -0.3 is 4.74 Å². The van der Waals surface area contributed by atoms with Gasteiger partial charge in [0, 0.05) is 30.0 Å². The summed E-state index contributed by atoms with van der Waals surface area (Å²) in [4.78, 5) is 12.6. The van der Waals surface area contributed by atoms with E-state index in [2.05, 4.69) is 39.6 Å². The van der Waals surface area contributed by atoms with E-state index in [1.165, 1.54) is 12.3 Å². The van der Waals surface area contributed by atoms with Gasteiger partial charge in [-0.15, -0.1) is 0 Å². The maximum Gasteiger partial charge on any atom is 0.145 e. The first-order chi connectivity index (χ1) is 7.29. The van der Waals surface area contributed by atoms with Gasteiger partial charge in [-0.2, -0.15) is 0 Å². The third-order valence-corrected chi connectivity index (χ3v) is 3.70. The highest BCUT2D eigenvalue weighted by molar-refractivity contribution is 5.64. The van der Waals surface area contributed by atoms with Crippen LogP contribution in [0.25, 0.3) is 0 Å². The third-order valence-electron chi connectivity index (χ3n) is 3.70. The molecule has 1 aliphatic rings. The average molecular weight is 225 g/mol. The van der Waals surface area contributed by atoms with Gasteiger partial charge in [0.2, 0.25) is 0 Å². The summed E-state index contributed by atoms with van der Waals surface area (Å²) in [5.41, 5.74) is 0.253. The lowest BCUT2D eigenvalue weighted by Gasteiger charge is -2.53. The Morgan fingerprint density at radius 2 is 1.69 bits per heavy atom. The van der Waals surface area contributed by atoms with Crippen molar-refractivity contribution in [1.82, 2.24) is 4.90 Å². The second-order valence-electron chi connectivity index (χ2n) is 5.81. The van der Waals surface area contributed by atoms with Gasteiger partial charge in [-0.3, -0.25) is 9.69 Å². The average Bonchev–Trinajstić information content (AvgIpc) is 2.14. The quantitative estimate of drug-likeness (QED) is 0.419. The van der Waals surface area contributed by atoms with E-state index in [-0.39, 0.29) is 17.2 Å². The van der Waals surface area contributed by atoms with Crippen molar-refractivity contribution in [3.05, 3.63) is 12.3 Å². The Kier molecular flexibility index (Phi) is 3.79.